The minimum atomic E-state index is 0.727. The summed E-state index contributed by atoms with van der Waals surface area (Å²) in [6.45, 7) is 0. The Kier molecular flexibility index (Phi) is 2.11. The molecule has 2 rings (SSSR count). The van der Waals surface area contributed by atoms with Gasteiger partial charge in [0, 0.05) is 17.4 Å². The molecule has 0 bridgehead atoms. The summed E-state index contributed by atoms with van der Waals surface area (Å²) in [7, 11) is 2.01. The van der Waals surface area contributed by atoms with Gasteiger partial charge in [-0.05, 0) is 18.2 Å². The van der Waals surface area contributed by atoms with Gasteiger partial charge in [-0.15, -0.1) is 0 Å². The van der Waals surface area contributed by atoms with Crippen LogP contribution in [0.3, 0.4) is 0 Å². The monoisotopic (exact) mass is 190 g/mol. The molecule has 1 aromatic heterocycles. The topological polar surface area (TPSA) is 17.8 Å². The number of hydrogen-bond acceptors (Lipinski definition) is 1. The van der Waals surface area contributed by atoms with Gasteiger partial charge in [0.05, 0.1) is 5.69 Å². The van der Waals surface area contributed by atoms with Crippen molar-refractivity contribution in [3.05, 3.63) is 41.7 Å². The first-order valence-corrected chi connectivity index (χ1v) is 4.41. The summed E-state index contributed by atoms with van der Waals surface area (Å²) >= 11 is 5.86. The Hall–Kier alpha value is -1.22. The Bertz CT molecular complexity index is 425. The molecule has 0 atom stereocenters. The van der Waals surface area contributed by atoms with Crippen molar-refractivity contribution in [1.82, 2.24) is 9.78 Å². The van der Waals surface area contributed by atoms with Crippen LogP contribution in [-0.2, 0) is 0 Å². The first-order chi connectivity index (χ1) is 6.25. The first kappa shape index (κ1) is 8.39. The van der Waals surface area contributed by atoms with E-state index in [1.165, 1.54) is 0 Å². The maximum Gasteiger partial charge on any atom is 0.143 e. The van der Waals surface area contributed by atoms with Crippen LogP contribution in [0.25, 0.3) is 5.69 Å². The van der Waals surface area contributed by atoms with Crippen LogP contribution in [0.1, 0.15) is 0 Å². The van der Waals surface area contributed by atoms with Crippen molar-refractivity contribution in [3.8, 4) is 5.69 Å². The largest absolute Gasteiger partial charge is 0.242 e. The van der Waals surface area contributed by atoms with E-state index in [1.54, 1.807) is 4.68 Å². The summed E-state index contributed by atoms with van der Waals surface area (Å²) in [6, 6.07) is 7.61. The van der Waals surface area contributed by atoms with Gasteiger partial charge in [0.25, 0.3) is 0 Å². The molecule has 1 heterocycles. The third-order valence-corrected chi connectivity index (χ3v) is 2.02. The molecular formula is C9H8BClN2. The third kappa shape index (κ3) is 1.75. The van der Waals surface area contributed by atoms with Crippen molar-refractivity contribution in [2.45, 2.75) is 0 Å². The van der Waals surface area contributed by atoms with Crippen LogP contribution in [0.4, 0.5) is 0 Å². The molecule has 2 aromatic rings. The molecule has 0 aliphatic carbocycles. The second kappa shape index (κ2) is 3.26. The van der Waals surface area contributed by atoms with Crippen molar-refractivity contribution in [3.63, 3.8) is 0 Å². The van der Waals surface area contributed by atoms with Crippen LogP contribution in [-0.4, -0.2) is 17.6 Å². The zero-order chi connectivity index (χ0) is 9.26. The van der Waals surface area contributed by atoms with Crippen LogP contribution in [0.2, 0.25) is 5.02 Å². The number of nitrogens with zero attached hydrogens (tertiary/aromatic N) is 2. The molecule has 1 aromatic carbocycles. The Morgan fingerprint density at radius 3 is 2.85 bits per heavy atom. The number of hydrogen-bond donors (Lipinski definition) is 0. The molecule has 0 radical (unpaired) electrons. The van der Waals surface area contributed by atoms with Gasteiger partial charge in [0.15, 0.2) is 0 Å². The predicted octanol–water partition coefficient (Wildman–Crippen LogP) is 0.784. The van der Waals surface area contributed by atoms with Crippen molar-refractivity contribution in [2.24, 2.45) is 0 Å². The summed E-state index contributed by atoms with van der Waals surface area (Å²) in [6.07, 6.45) is 3.78. The van der Waals surface area contributed by atoms with E-state index in [1.807, 2.05) is 44.5 Å². The Balaban J connectivity index is 2.46. The summed E-state index contributed by atoms with van der Waals surface area (Å²) in [5.41, 5.74) is 2.13. The van der Waals surface area contributed by atoms with Gasteiger partial charge in [-0.2, -0.15) is 5.10 Å². The fourth-order valence-electron chi connectivity index (χ4n) is 1.17. The average Bonchev–Trinajstić information content (AvgIpc) is 2.52. The van der Waals surface area contributed by atoms with Crippen molar-refractivity contribution < 1.29 is 0 Å². The van der Waals surface area contributed by atoms with E-state index in [0.717, 1.165) is 16.2 Å². The fourth-order valence-corrected chi connectivity index (χ4v) is 1.36. The second-order valence-corrected chi connectivity index (χ2v) is 3.38. The van der Waals surface area contributed by atoms with E-state index in [4.69, 9.17) is 11.6 Å². The van der Waals surface area contributed by atoms with Gasteiger partial charge in [0.2, 0.25) is 0 Å². The molecule has 13 heavy (non-hydrogen) atoms. The summed E-state index contributed by atoms with van der Waals surface area (Å²) in [5, 5.41) is 4.91. The molecule has 0 amide bonds. The molecule has 0 saturated heterocycles. The highest BCUT2D eigenvalue weighted by Crippen LogP contribution is 2.12. The first-order valence-electron chi connectivity index (χ1n) is 4.03. The van der Waals surface area contributed by atoms with Crippen molar-refractivity contribution in [2.75, 3.05) is 0 Å². The Morgan fingerprint density at radius 2 is 2.23 bits per heavy atom. The van der Waals surface area contributed by atoms with Crippen LogP contribution >= 0.6 is 11.6 Å². The van der Waals surface area contributed by atoms with Crippen LogP contribution in [0.15, 0.2) is 36.7 Å². The number of halogens is 1. The highest BCUT2D eigenvalue weighted by molar-refractivity contribution is 6.32. The van der Waals surface area contributed by atoms with Gasteiger partial charge < -0.3 is 0 Å². The number of aromatic nitrogens is 2. The number of rotatable bonds is 1. The quantitative estimate of drug-likeness (QED) is 0.608. The molecular weight excluding hydrogens is 182 g/mol. The fraction of sp³-hybridized carbons (Fsp3) is 0. The molecule has 64 valence electrons. The third-order valence-electron chi connectivity index (χ3n) is 1.78. The Labute approximate surface area is 82.6 Å². The normalized spacial score (nSPS) is 10.2. The number of benzene rings is 1. The van der Waals surface area contributed by atoms with Gasteiger partial charge in [-0.25, -0.2) is 4.68 Å². The van der Waals surface area contributed by atoms with Gasteiger partial charge >= 0.3 is 0 Å². The lowest BCUT2D eigenvalue weighted by Crippen LogP contribution is -1.97. The maximum absolute atomic E-state index is 5.86. The second-order valence-electron chi connectivity index (χ2n) is 2.94. The maximum atomic E-state index is 5.86. The van der Waals surface area contributed by atoms with E-state index in [0.29, 0.717) is 0 Å². The molecule has 0 N–H and O–H groups in total. The average molecular weight is 190 g/mol. The summed E-state index contributed by atoms with van der Waals surface area (Å²) < 4.78 is 1.81. The zero-order valence-corrected chi connectivity index (χ0v) is 7.99. The summed E-state index contributed by atoms with van der Waals surface area (Å²) in [5.74, 6) is 0. The molecule has 0 unspecified atom stereocenters. The van der Waals surface area contributed by atoms with Crippen LogP contribution in [0.5, 0.6) is 0 Å². The van der Waals surface area contributed by atoms with E-state index in [2.05, 4.69) is 5.10 Å². The van der Waals surface area contributed by atoms with Gasteiger partial charge in [-0.3, -0.25) is 0 Å². The van der Waals surface area contributed by atoms with Crippen LogP contribution < -0.4 is 5.46 Å². The SMILES string of the molecule is Bc1cnn(-c2cccc(Cl)c2)c1. The Morgan fingerprint density at radius 1 is 1.38 bits per heavy atom. The molecule has 4 heteroatoms. The molecule has 0 spiro atoms. The van der Waals surface area contributed by atoms with Crippen LogP contribution in [0, 0.1) is 0 Å². The lowest BCUT2D eigenvalue weighted by atomic mass is 10.0. The minimum absolute atomic E-state index is 0.727. The van der Waals surface area contributed by atoms with E-state index >= 15 is 0 Å². The van der Waals surface area contributed by atoms with Gasteiger partial charge in [0.1, 0.15) is 7.85 Å². The highest BCUT2D eigenvalue weighted by atomic mass is 35.5. The molecule has 2 nitrogen and oxygen atoms in total. The predicted molar refractivity (Wildman–Crippen MR) is 56.8 cm³/mol. The molecule has 0 aliphatic rings. The molecule has 0 saturated carbocycles. The van der Waals surface area contributed by atoms with E-state index < -0.39 is 0 Å². The standard InChI is InChI=1S/C9H8BClN2/c10-7-5-12-13(6-7)9-3-1-2-8(11)4-9/h1-6H,10H2. The van der Waals surface area contributed by atoms with E-state index in [-0.39, 0.29) is 0 Å². The minimum Gasteiger partial charge on any atom is -0.242 e. The lowest BCUT2D eigenvalue weighted by Gasteiger charge is -2.00. The lowest BCUT2D eigenvalue weighted by molar-refractivity contribution is 0.881. The molecule has 0 aliphatic heterocycles. The summed E-state index contributed by atoms with van der Waals surface area (Å²) in [4.78, 5) is 0. The highest BCUT2D eigenvalue weighted by Gasteiger charge is 1.97. The van der Waals surface area contributed by atoms with Gasteiger partial charge in [-0.1, -0.05) is 23.1 Å². The smallest absolute Gasteiger partial charge is 0.143 e. The van der Waals surface area contributed by atoms with Crippen molar-refractivity contribution in [1.29, 1.82) is 0 Å². The van der Waals surface area contributed by atoms with E-state index in [9.17, 15) is 0 Å². The van der Waals surface area contributed by atoms with Crippen molar-refractivity contribution >= 4 is 24.9 Å². The molecule has 0 fully saturated rings. The zero-order valence-electron chi connectivity index (χ0n) is 7.24.